The van der Waals surface area contributed by atoms with E-state index in [1.54, 1.807) is 7.11 Å². The normalized spacial score (nSPS) is 11.6. The third-order valence-electron chi connectivity index (χ3n) is 4.29. The summed E-state index contributed by atoms with van der Waals surface area (Å²) >= 11 is 0. The lowest BCUT2D eigenvalue weighted by atomic mass is 10.2. The van der Waals surface area contributed by atoms with Crippen molar-refractivity contribution < 1.29 is 14.2 Å². The summed E-state index contributed by atoms with van der Waals surface area (Å²) in [6.07, 6.45) is 0. The van der Waals surface area contributed by atoms with Crippen molar-refractivity contribution in [1.82, 2.24) is 15.5 Å². The topological polar surface area (TPSA) is 67.4 Å². The van der Waals surface area contributed by atoms with E-state index in [0.717, 1.165) is 62.4 Å². The van der Waals surface area contributed by atoms with Crippen LogP contribution in [0.2, 0.25) is 0 Å². The molecular weight excluding hydrogens is 356 g/mol. The SMILES string of the molecule is CCNC(=NCc1ccc(OCCN(CC)CC)c(OC)c1)NCCOCC. The van der Waals surface area contributed by atoms with Gasteiger partial charge in [0.25, 0.3) is 0 Å². The second-order valence-electron chi connectivity index (χ2n) is 6.18. The minimum absolute atomic E-state index is 0.556. The van der Waals surface area contributed by atoms with E-state index in [0.29, 0.717) is 19.8 Å². The molecule has 0 bridgehead atoms. The predicted octanol–water partition coefficient (Wildman–Crippen LogP) is 2.51. The second-order valence-corrected chi connectivity index (χ2v) is 6.18. The number of nitrogens with zero attached hydrogens (tertiary/aromatic N) is 2. The average Bonchev–Trinajstić information content (AvgIpc) is 2.72. The van der Waals surface area contributed by atoms with Crippen molar-refractivity contribution in [3.63, 3.8) is 0 Å². The van der Waals surface area contributed by atoms with Gasteiger partial charge in [-0.3, -0.25) is 0 Å². The van der Waals surface area contributed by atoms with E-state index in [1.165, 1.54) is 0 Å². The van der Waals surface area contributed by atoms with Crippen LogP contribution in [0.4, 0.5) is 0 Å². The van der Waals surface area contributed by atoms with E-state index in [2.05, 4.69) is 34.4 Å². The van der Waals surface area contributed by atoms with Crippen molar-refractivity contribution in [2.45, 2.75) is 34.2 Å². The Bertz CT molecular complexity index is 563. The Morgan fingerprint density at radius 2 is 1.82 bits per heavy atom. The number of guanidine groups is 1. The molecular formula is C21H38N4O3. The molecule has 0 saturated heterocycles. The zero-order chi connectivity index (χ0) is 20.6. The van der Waals surface area contributed by atoms with Gasteiger partial charge in [0.05, 0.1) is 20.3 Å². The maximum Gasteiger partial charge on any atom is 0.191 e. The first-order valence-electron chi connectivity index (χ1n) is 10.3. The fraction of sp³-hybridized carbons (Fsp3) is 0.667. The molecule has 0 saturated carbocycles. The molecule has 0 fully saturated rings. The lowest BCUT2D eigenvalue weighted by Crippen LogP contribution is -2.39. The Hall–Kier alpha value is -1.99. The van der Waals surface area contributed by atoms with Crippen molar-refractivity contribution in [3.05, 3.63) is 23.8 Å². The Kier molecular flexibility index (Phi) is 12.9. The Morgan fingerprint density at radius 1 is 1.04 bits per heavy atom. The summed E-state index contributed by atoms with van der Waals surface area (Å²) in [5.74, 6) is 2.28. The van der Waals surface area contributed by atoms with Gasteiger partial charge in [-0.15, -0.1) is 0 Å². The van der Waals surface area contributed by atoms with Crippen LogP contribution >= 0.6 is 0 Å². The third kappa shape index (κ3) is 9.28. The number of aliphatic imine (C=N–C) groups is 1. The molecule has 0 radical (unpaired) electrons. The first kappa shape index (κ1) is 24.0. The summed E-state index contributed by atoms with van der Waals surface area (Å²) in [6.45, 7) is 15.4. The number of methoxy groups -OCH3 is 1. The minimum atomic E-state index is 0.556. The van der Waals surface area contributed by atoms with E-state index in [4.69, 9.17) is 14.2 Å². The van der Waals surface area contributed by atoms with E-state index in [1.807, 2.05) is 32.0 Å². The highest BCUT2D eigenvalue weighted by molar-refractivity contribution is 5.79. The Labute approximate surface area is 170 Å². The largest absolute Gasteiger partial charge is 0.493 e. The fourth-order valence-electron chi connectivity index (χ4n) is 2.65. The van der Waals surface area contributed by atoms with Gasteiger partial charge in [-0.25, -0.2) is 4.99 Å². The van der Waals surface area contributed by atoms with Gasteiger partial charge in [0.1, 0.15) is 6.61 Å². The molecule has 0 unspecified atom stereocenters. The molecule has 1 aromatic carbocycles. The number of hydrogen-bond donors (Lipinski definition) is 2. The molecule has 0 amide bonds. The number of rotatable bonds is 14. The van der Waals surface area contributed by atoms with Crippen LogP contribution in [0.1, 0.15) is 33.3 Å². The molecule has 1 rings (SSSR count). The van der Waals surface area contributed by atoms with Crippen LogP contribution in [0.25, 0.3) is 0 Å². The summed E-state index contributed by atoms with van der Waals surface area (Å²) in [7, 11) is 1.67. The van der Waals surface area contributed by atoms with Crippen molar-refractivity contribution in [3.8, 4) is 11.5 Å². The van der Waals surface area contributed by atoms with Gasteiger partial charge in [0.2, 0.25) is 0 Å². The smallest absolute Gasteiger partial charge is 0.191 e. The van der Waals surface area contributed by atoms with Crippen LogP contribution in [0.5, 0.6) is 11.5 Å². The van der Waals surface area contributed by atoms with Gasteiger partial charge in [-0.05, 0) is 44.6 Å². The molecule has 160 valence electrons. The number of likely N-dealkylation sites (N-methyl/N-ethyl adjacent to an activating group) is 1. The van der Waals surface area contributed by atoms with Crippen molar-refractivity contribution in [2.75, 3.05) is 59.7 Å². The fourth-order valence-corrected chi connectivity index (χ4v) is 2.65. The van der Waals surface area contributed by atoms with Crippen LogP contribution < -0.4 is 20.1 Å². The number of ether oxygens (including phenoxy) is 3. The Balaban J connectivity index is 2.64. The third-order valence-corrected chi connectivity index (χ3v) is 4.29. The highest BCUT2D eigenvalue weighted by Crippen LogP contribution is 2.28. The maximum atomic E-state index is 5.92. The second kappa shape index (κ2) is 15.0. The monoisotopic (exact) mass is 394 g/mol. The highest BCUT2D eigenvalue weighted by Gasteiger charge is 2.07. The van der Waals surface area contributed by atoms with E-state index in [-0.39, 0.29) is 0 Å². The van der Waals surface area contributed by atoms with Crippen molar-refractivity contribution in [2.24, 2.45) is 4.99 Å². The van der Waals surface area contributed by atoms with Gasteiger partial charge in [0, 0.05) is 26.2 Å². The van der Waals surface area contributed by atoms with Crippen LogP contribution in [-0.2, 0) is 11.3 Å². The lowest BCUT2D eigenvalue weighted by molar-refractivity contribution is 0.152. The summed E-state index contributed by atoms with van der Waals surface area (Å²) in [6, 6.07) is 5.98. The van der Waals surface area contributed by atoms with Gasteiger partial charge in [0.15, 0.2) is 17.5 Å². The minimum Gasteiger partial charge on any atom is -0.493 e. The summed E-state index contributed by atoms with van der Waals surface area (Å²) in [4.78, 5) is 6.96. The first-order chi connectivity index (χ1) is 13.7. The summed E-state index contributed by atoms with van der Waals surface area (Å²) in [5.41, 5.74) is 1.06. The van der Waals surface area contributed by atoms with E-state index >= 15 is 0 Å². The molecule has 1 aromatic rings. The first-order valence-corrected chi connectivity index (χ1v) is 10.3. The quantitative estimate of drug-likeness (QED) is 0.287. The zero-order valence-corrected chi connectivity index (χ0v) is 18.2. The number of benzene rings is 1. The molecule has 2 N–H and O–H groups in total. The number of hydrogen-bond acceptors (Lipinski definition) is 5. The number of nitrogens with one attached hydrogen (secondary N) is 2. The molecule has 0 spiro atoms. The average molecular weight is 395 g/mol. The van der Waals surface area contributed by atoms with Crippen LogP contribution in [-0.4, -0.2) is 70.5 Å². The lowest BCUT2D eigenvalue weighted by Gasteiger charge is -2.19. The Morgan fingerprint density at radius 3 is 2.46 bits per heavy atom. The van der Waals surface area contributed by atoms with Crippen LogP contribution in [0.15, 0.2) is 23.2 Å². The molecule has 7 nitrogen and oxygen atoms in total. The van der Waals surface area contributed by atoms with Gasteiger partial charge in [-0.1, -0.05) is 19.9 Å². The van der Waals surface area contributed by atoms with Crippen molar-refractivity contribution >= 4 is 5.96 Å². The van der Waals surface area contributed by atoms with Gasteiger partial charge >= 0.3 is 0 Å². The van der Waals surface area contributed by atoms with E-state index in [9.17, 15) is 0 Å². The summed E-state index contributed by atoms with van der Waals surface area (Å²) < 4.78 is 16.8. The van der Waals surface area contributed by atoms with Gasteiger partial charge in [-0.2, -0.15) is 0 Å². The molecule has 0 aliphatic rings. The molecule has 0 atom stereocenters. The molecule has 28 heavy (non-hydrogen) atoms. The van der Waals surface area contributed by atoms with Gasteiger partial charge < -0.3 is 29.7 Å². The zero-order valence-electron chi connectivity index (χ0n) is 18.2. The van der Waals surface area contributed by atoms with Crippen LogP contribution in [0, 0.1) is 0 Å². The van der Waals surface area contributed by atoms with Crippen molar-refractivity contribution in [1.29, 1.82) is 0 Å². The van der Waals surface area contributed by atoms with Crippen LogP contribution in [0.3, 0.4) is 0 Å². The molecule has 0 aliphatic carbocycles. The molecule has 0 aliphatic heterocycles. The van der Waals surface area contributed by atoms with E-state index < -0.39 is 0 Å². The molecule has 7 heteroatoms. The molecule has 0 aromatic heterocycles. The predicted molar refractivity (Wildman–Crippen MR) is 116 cm³/mol. The highest BCUT2D eigenvalue weighted by atomic mass is 16.5. The molecule has 0 heterocycles. The standard InChI is InChI=1S/C21H38N4O3/c1-6-22-21(23-12-14-27-9-4)24-17-18-10-11-19(20(16-18)26-5)28-15-13-25(7-2)8-3/h10-11,16H,6-9,12-15,17H2,1-5H3,(H2,22,23,24). The maximum absolute atomic E-state index is 5.92. The summed E-state index contributed by atoms with van der Waals surface area (Å²) in [5, 5.41) is 6.51.